The minimum absolute atomic E-state index is 0. The molecule has 1 fully saturated rings. The molecular weight excluding hydrogens is 500 g/mol. The van der Waals surface area contributed by atoms with Crippen LogP contribution < -0.4 is 5.73 Å². The Hall–Kier alpha value is -2.46. The number of para-hydroxylation sites is 1. The minimum atomic E-state index is -4.43. The number of fused-ring (bicyclic) bond motifs is 2. The number of likely N-dealkylation sites (tertiary alicyclic amines) is 1. The number of alkyl halides is 3. The fourth-order valence-corrected chi connectivity index (χ4v) is 4.66. The highest BCUT2D eigenvalue weighted by Gasteiger charge is 2.46. The molecule has 0 amide bonds. The molecule has 6 nitrogen and oxygen atoms in total. The average molecular weight is 527 g/mol. The van der Waals surface area contributed by atoms with Crippen LogP contribution in [0.1, 0.15) is 43.4 Å². The Labute approximate surface area is 213 Å². The van der Waals surface area contributed by atoms with E-state index in [2.05, 4.69) is 24.0 Å². The van der Waals surface area contributed by atoms with Gasteiger partial charge in [-0.1, -0.05) is 44.2 Å². The van der Waals surface area contributed by atoms with E-state index in [0.717, 1.165) is 16.5 Å². The summed E-state index contributed by atoms with van der Waals surface area (Å²) in [5.74, 6) is 0.684. The lowest BCUT2D eigenvalue weighted by Gasteiger charge is -2.30. The summed E-state index contributed by atoms with van der Waals surface area (Å²) in [5, 5.41) is 9.42. The van der Waals surface area contributed by atoms with Crippen LogP contribution in [-0.2, 0) is 0 Å². The van der Waals surface area contributed by atoms with Crippen molar-refractivity contribution in [2.75, 3.05) is 13.1 Å². The molecule has 1 aliphatic heterocycles. The average Bonchev–Trinajstić information content (AvgIpc) is 3.38. The number of rotatable bonds is 4. The normalized spacial score (nSPS) is 17.5. The van der Waals surface area contributed by atoms with Crippen molar-refractivity contribution in [1.82, 2.24) is 24.5 Å². The highest BCUT2D eigenvalue weighted by Crippen LogP contribution is 2.39. The fourth-order valence-electron chi connectivity index (χ4n) is 4.66. The molecule has 2 atom stereocenters. The molecule has 0 spiro atoms. The van der Waals surface area contributed by atoms with Crippen molar-refractivity contribution in [3.8, 4) is 11.5 Å². The lowest BCUT2D eigenvalue weighted by molar-refractivity contribution is -0.183. The molecule has 4 aromatic rings. The Balaban J connectivity index is 0.00000171. The number of hydrogen-bond acceptors (Lipinski definition) is 5. The second-order valence-corrected chi connectivity index (χ2v) is 8.97. The second kappa shape index (κ2) is 10.3. The molecule has 1 saturated heterocycles. The standard InChI is InChI=1S/C24H25F3N6.2ClH/c1-14(2)18-5-3-4-15-6-8-19(29-21(15)18)23-31-30-20-9-7-16(12-33(20)23)22(24(25,26)27)32-11-10-17(28)13-32;;/h3-9,12,14,17,22H,10-11,13,28H2,1-2H3;2*1H/t17-,22+;;/m0../s1. The number of nitrogens with zero attached hydrogens (tertiary/aromatic N) is 5. The van der Waals surface area contributed by atoms with Crippen LogP contribution in [-0.4, -0.2) is 49.8 Å². The maximum absolute atomic E-state index is 14.1. The second-order valence-electron chi connectivity index (χ2n) is 8.97. The van der Waals surface area contributed by atoms with E-state index in [1.165, 1.54) is 17.2 Å². The first-order valence-electron chi connectivity index (χ1n) is 11.0. The Morgan fingerprint density at radius 2 is 1.80 bits per heavy atom. The van der Waals surface area contributed by atoms with Crippen LogP contribution in [0.25, 0.3) is 28.1 Å². The van der Waals surface area contributed by atoms with E-state index < -0.39 is 12.2 Å². The highest BCUT2D eigenvalue weighted by molar-refractivity contribution is 5.86. The molecule has 2 N–H and O–H groups in total. The first kappa shape index (κ1) is 27.1. The molecule has 0 aliphatic carbocycles. The van der Waals surface area contributed by atoms with Gasteiger partial charge in [-0.15, -0.1) is 35.0 Å². The Bertz CT molecular complexity index is 1320. The molecule has 188 valence electrons. The van der Waals surface area contributed by atoms with Crippen molar-refractivity contribution in [1.29, 1.82) is 0 Å². The number of nitrogens with two attached hydrogens (primary N) is 1. The van der Waals surface area contributed by atoms with Crippen LogP contribution in [0.4, 0.5) is 13.2 Å². The van der Waals surface area contributed by atoms with Crippen LogP contribution >= 0.6 is 24.8 Å². The summed E-state index contributed by atoms with van der Waals surface area (Å²) >= 11 is 0. The van der Waals surface area contributed by atoms with Gasteiger partial charge in [-0.2, -0.15) is 13.2 Å². The summed E-state index contributed by atoms with van der Waals surface area (Å²) in [7, 11) is 0. The molecule has 0 bridgehead atoms. The van der Waals surface area contributed by atoms with Gasteiger partial charge in [0.15, 0.2) is 11.5 Å². The van der Waals surface area contributed by atoms with Crippen LogP contribution in [0.3, 0.4) is 0 Å². The van der Waals surface area contributed by atoms with Crippen molar-refractivity contribution in [3.63, 3.8) is 0 Å². The van der Waals surface area contributed by atoms with Gasteiger partial charge < -0.3 is 5.73 Å². The van der Waals surface area contributed by atoms with Gasteiger partial charge in [0.1, 0.15) is 11.7 Å². The third kappa shape index (κ3) is 5.09. The van der Waals surface area contributed by atoms with Crippen molar-refractivity contribution in [2.45, 2.75) is 44.4 Å². The van der Waals surface area contributed by atoms with Gasteiger partial charge in [-0.3, -0.25) is 9.30 Å². The van der Waals surface area contributed by atoms with Crippen LogP contribution in [0, 0.1) is 0 Å². The fraction of sp³-hybridized carbons (Fsp3) is 0.375. The topological polar surface area (TPSA) is 72.3 Å². The van der Waals surface area contributed by atoms with E-state index in [0.29, 0.717) is 30.1 Å². The number of pyridine rings is 2. The summed E-state index contributed by atoms with van der Waals surface area (Å²) in [6, 6.07) is 10.9. The number of hydrogen-bond donors (Lipinski definition) is 1. The van der Waals surface area contributed by atoms with Crippen LogP contribution in [0.15, 0.2) is 48.7 Å². The first-order chi connectivity index (χ1) is 15.7. The van der Waals surface area contributed by atoms with E-state index in [1.807, 2.05) is 30.3 Å². The Morgan fingerprint density at radius 1 is 1.03 bits per heavy atom. The van der Waals surface area contributed by atoms with Crippen molar-refractivity contribution < 1.29 is 13.2 Å². The van der Waals surface area contributed by atoms with E-state index in [4.69, 9.17) is 10.7 Å². The van der Waals surface area contributed by atoms with Gasteiger partial charge in [0, 0.05) is 30.7 Å². The molecule has 35 heavy (non-hydrogen) atoms. The van der Waals surface area contributed by atoms with E-state index in [9.17, 15) is 13.2 Å². The van der Waals surface area contributed by atoms with Gasteiger partial charge >= 0.3 is 6.18 Å². The lowest BCUT2D eigenvalue weighted by atomic mass is 9.99. The number of benzene rings is 1. The summed E-state index contributed by atoms with van der Waals surface area (Å²) in [6.45, 7) is 4.72. The minimum Gasteiger partial charge on any atom is -0.326 e. The highest BCUT2D eigenvalue weighted by atomic mass is 35.5. The molecule has 0 radical (unpaired) electrons. The zero-order chi connectivity index (χ0) is 23.3. The Morgan fingerprint density at radius 3 is 2.46 bits per heavy atom. The zero-order valence-electron chi connectivity index (χ0n) is 19.2. The quantitative estimate of drug-likeness (QED) is 0.377. The molecule has 3 aromatic heterocycles. The predicted octanol–water partition coefficient (Wildman–Crippen LogP) is 5.55. The molecule has 1 aliphatic rings. The summed E-state index contributed by atoms with van der Waals surface area (Å²) in [4.78, 5) is 6.23. The third-order valence-corrected chi connectivity index (χ3v) is 6.27. The van der Waals surface area contributed by atoms with Crippen LogP contribution in [0.2, 0.25) is 0 Å². The third-order valence-electron chi connectivity index (χ3n) is 6.27. The van der Waals surface area contributed by atoms with E-state index in [-0.39, 0.29) is 48.9 Å². The maximum atomic E-state index is 14.1. The largest absolute Gasteiger partial charge is 0.408 e. The summed E-state index contributed by atoms with van der Waals surface area (Å²) in [6.07, 6.45) is -2.40. The SMILES string of the molecule is CC(C)c1cccc2ccc(-c3nnc4ccc([C@@H](N5CC[C@H](N)C5)C(F)(F)F)cn34)nc12.Cl.Cl. The Kier molecular flexibility index (Phi) is 7.96. The molecule has 0 unspecified atom stereocenters. The van der Waals surface area contributed by atoms with E-state index >= 15 is 0 Å². The van der Waals surface area contributed by atoms with Gasteiger partial charge in [-0.05, 0) is 35.6 Å². The van der Waals surface area contributed by atoms with Crippen molar-refractivity contribution in [2.24, 2.45) is 5.73 Å². The molecular formula is C24H27Cl2F3N6. The van der Waals surface area contributed by atoms with E-state index in [1.54, 1.807) is 10.5 Å². The molecule has 4 heterocycles. The predicted molar refractivity (Wildman–Crippen MR) is 135 cm³/mol. The smallest absolute Gasteiger partial charge is 0.326 e. The number of halogens is 5. The van der Waals surface area contributed by atoms with Crippen molar-refractivity contribution in [3.05, 3.63) is 59.8 Å². The first-order valence-corrected chi connectivity index (χ1v) is 11.0. The van der Waals surface area contributed by atoms with Crippen LogP contribution in [0.5, 0.6) is 0 Å². The van der Waals surface area contributed by atoms with Gasteiger partial charge in [0.25, 0.3) is 0 Å². The molecule has 11 heteroatoms. The monoisotopic (exact) mass is 526 g/mol. The molecule has 0 saturated carbocycles. The lowest BCUT2D eigenvalue weighted by Crippen LogP contribution is -2.38. The van der Waals surface area contributed by atoms with Gasteiger partial charge in [-0.25, -0.2) is 4.98 Å². The summed E-state index contributed by atoms with van der Waals surface area (Å²) < 4.78 is 43.9. The molecule has 5 rings (SSSR count). The van der Waals surface area contributed by atoms with Gasteiger partial charge in [0.2, 0.25) is 0 Å². The molecule has 1 aromatic carbocycles. The maximum Gasteiger partial charge on any atom is 0.408 e. The van der Waals surface area contributed by atoms with Crippen molar-refractivity contribution >= 4 is 41.4 Å². The zero-order valence-corrected chi connectivity index (χ0v) is 20.9. The van der Waals surface area contributed by atoms with Gasteiger partial charge in [0.05, 0.1) is 5.52 Å². The summed E-state index contributed by atoms with van der Waals surface area (Å²) in [5.41, 5.74) is 9.02. The number of aromatic nitrogens is 4.